The third-order valence-electron chi connectivity index (χ3n) is 6.32. The highest BCUT2D eigenvalue weighted by Gasteiger charge is 2.40. The molecule has 156 valence electrons. The van der Waals surface area contributed by atoms with Gasteiger partial charge in [0.05, 0.1) is 0 Å². The van der Waals surface area contributed by atoms with E-state index < -0.39 is 11.9 Å². The average molecular weight is 418 g/mol. The van der Waals surface area contributed by atoms with Gasteiger partial charge in [0.1, 0.15) is 11.5 Å². The van der Waals surface area contributed by atoms with Gasteiger partial charge < -0.3 is 14.6 Å². The molecule has 0 saturated heterocycles. The number of hydrogen-bond acceptors (Lipinski definition) is 3. The van der Waals surface area contributed by atoms with Gasteiger partial charge in [0, 0.05) is 11.1 Å². The van der Waals surface area contributed by atoms with E-state index in [-0.39, 0.29) is 0 Å². The molecule has 3 heteroatoms. The largest absolute Gasteiger partial charge is 0.451 e. The molecule has 0 aliphatic carbocycles. The summed E-state index contributed by atoms with van der Waals surface area (Å²) in [4.78, 5) is 0. The third kappa shape index (κ3) is 2.86. The van der Waals surface area contributed by atoms with Crippen LogP contribution in [0, 0.1) is 0 Å². The first-order chi connectivity index (χ1) is 15.6. The van der Waals surface area contributed by atoms with Gasteiger partial charge in [0.2, 0.25) is 0 Å². The van der Waals surface area contributed by atoms with Crippen molar-refractivity contribution in [3.05, 3.63) is 109 Å². The molecular formula is C29H22O3. The number of ether oxygens (including phenoxy) is 2. The summed E-state index contributed by atoms with van der Waals surface area (Å²) in [6.45, 7) is 1.74. The van der Waals surface area contributed by atoms with E-state index in [0.29, 0.717) is 11.5 Å². The topological polar surface area (TPSA) is 38.7 Å². The zero-order valence-electron chi connectivity index (χ0n) is 17.7. The minimum Gasteiger partial charge on any atom is -0.451 e. The number of rotatable bonds is 2. The van der Waals surface area contributed by atoms with Gasteiger partial charge >= 0.3 is 0 Å². The van der Waals surface area contributed by atoms with Crippen LogP contribution in [0.25, 0.3) is 32.7 Å². The van der Waals surface area contributed by atoms with Crippen LogP contribution >= 0.6 is 0 Å². The first-order valence-electron chi connectivity index (χ1n) is 10.8. The summed E-state index contributed by atoms with van der Waals surface area (Å²) in [6, 6.07) is 34.2. The van der Waals surface area contributed by atoms with Crippen LogP contribution in [0.4, 0.5) is 0 Å². The SMILES string of the molecule is CC(O)(c1ccccc1)C1Oc2ccc3ccccc3c2-c2c(ccc3ccccc23)O1. The van der Waals surface area contributed by atoms with Crippen LogP contribution in [0.5, 0.6) is 11.5 Å². The maximum atomic E-state index is 11.6. The smallest absolute Gasteiger partial charge is 0.273 e. The van der Waals surface area contributed by atoms with E-state index in [1.807, 2.05) is 66.7 Å². The van der Waals surface area contributed by atoms with Crippen molar-refractivity contribution in [2.24, 2.45) is 0 Å². The van der Waals surface area contributed by atoms with Crippen molar-refractivity contribution in [1.29, 1.82) is 0 Å². The Morgan fingerprint density at radius 1 is 0.594 bits per heavy atom. The van der Waals surface area contributed by atoms with Crippen LogP contribution in [0.3, 0.4) is 0 Å². The molecule has 0 fully saturated rings. The fourth-order valence-electron chi connectivity index (χ4n) is 4.61. The molecule has 3 nitrogen and oxygen atoms in total. The molecule has 1 N–H and O–H groups in total. The molecule has 1 atom stereocenters. The number of aliphatic hydroxyl groups is 1. The lowest BCUT2D eigenvalue weighted by molar-refractivity contribution is -0.148. The molecule has 0 saturated carbocycles. The summed E-state index contributed by atoms with van der Waals surface area (Å²) in [5, 5.41) is 16.0. The number of benzene rings is 5. The average Bonchev–Trinajstić information content (AvgIpc) is 3.02. The van der Waals surface area contributed by atoms with Gasteiger partial charge in [-0.15, -0.1) is 0 Å². The highest BCUT2D eigenvalue weighted by atomic mass is 16.7. The second-order valence-electron chi connectivity index (χ2n) is 8.40. The Kier molecular flexibility index (Phi) is 4.20. The van der Waals surface area contributed by atoms with Crippen molar-refractivity contribution >= 4 is 21.5 Å². The van der Waals surface area contributed by atoms with Crippen molar-refractivity contribution in [1.82, 2.24) is 0 Å². The van der Waals surface area contributed by atoms with Crippen molar-refractivity contribution in [3.63, 3.8) is 0 Å². The fourth-order valence-corrected chi connectivity index (χ4v) is 4.61. The molecule has 32 heavy (non-hydrogen) atoms. The molecule has 0 amide bonds. The molecular weight excluding hydrogens is 396 g/mol. The minimum atomic E-state index is -1.36. The van der Waals surface area contributed by atoms with Gasteiger partial charge in [-0.05, 0) is 46.2 Å². The summed E-state index contributed by atoms with van der Waals surface area (Å²) in [7, 11) is 0. The molecule has 5 aromatic carbocycles. The molecule has 1 aliphatic rings. The predicted octanol–water partition coefficient (Wildman–Crippen LogP) is 6.67. The molecule has 1 aliphatic heterocycles. The quantitative estimate of drug-likeness (QED) is 0.348. The summed E-state index contributed by atoms with van der Waals surface area (Å²) in [6.07, 6.45) is -0.924. The monoisotopic (exact) mass is 418 g/mol. The Balaban J connectivity index is 1.66. The third-order valence-corrected chi connectivity index (χ3v) is 6.32. The lowest BCUT2D eigenvalue weighted by Crippen LogP contribution is -2.44. The van der Waals surface area contributed by atoms with Gasteiger partial charge in [-0.1, -0.05) is 91.0 Å². The normalized spacial score (nSPS) is 15.2. The Hall–Kier alpha value is -3.82. The second kappa shape index (κ2) is 7.11. The molecule has 0 aromatic heterocycles. The first-order valence-corrected chi connectivity index (χ1v) is 10.8. The van der Waals surface area contributed by atoms with Crippen LogP contribution in [-0.4, -0.2) is 11.4 Å². The summed E-state index contributed by atoms with van der Waals surface area (Å²) in [5.74, 6) is 1.39. The Labute approximate surface area is 186 Å². The van der Waals surface area contributed by atoms with Crippen LogP contribution < -0.4 is 9.47 Å². The van der Waals surface area contributed by atoms with E-state index in [0.717, 1.165) is 38.2 Å². The Morgan fingerprint density at radius 3 is 1.59 bits per heavy atom. The predicted molar refractivity (Wildman–Crippen MR) is 128 cm³/mol. The molecule has 0 spiro atoms. The van der Waals surface area contributed by atoms with Crippen LogP contribution in [0.15, 0.2) is 103 Å². The van der Waals surface area contributed by atoms with Crippen molar-refractivity contribution < 1.29 is 14.6 Å². The Bertz CT molecular complexity index is 1370. The molecule has 0 bridgehead atoms. The fraction of sp³-hybridized carbons (Fsp3) is 0.103. The second-order valence-corrected chi connectivity index (χ2v) is 8.40. The van der Waals surface area contributed by atoms with E-state index >= 15 is 0 Å². The summed E-state index contributed by atoms with van der Waals surface area (Å²) < 4.78 is 12.9. The first kappa shape index (κ1) is 18.9. The van der Waals surface area contributed by atoms with Gasteiger partial charge in [0.15, 0.2) is 5.60 Å². The molecule has 6 rings (SSSR count). The van der Waals surface area contributed by atoms with Crippen molar-refractivity contribution in [3.8, 4) is 22.6 Å². The van der Waals surface area contributed by atoms with Crippen LogP contribution in [0.1, 0.15) is 12.5 Å². The molecule has 1 unspecified atom stereocenters. The van der Waals surface area contributed by atoms with E-state index in [4.69, 9.17) is 9.47 Å². The standard InChI is InChI=1S/C29H22O3/c1-29(30,21-11-3-2-4-12-21)28-31-24-17-15-19-9-5-7-13-22(19)26(24)27-23-14-8-6-10-20(23)16-18-25(27)32-28/h2-18,28,30H,1H3. The van der Waals surface area contributed by atoms with Crippen molar-refractivity contribution in [2.45, 2.75) is 18.8 Å². The maximum absolute atomic E-state index is 11.6. The zero-order valence-corrected chi connectivity index (χ0v) is 17.7. The lowest BCUT2D eigenvalue weighted by Gasteiger charge is -2.32. The van der Waals surface area contributed by atoms with Crippen molar-refractivity contribution in [2.75, 3.05) is 0 Å². The zero-order chi connectivity index (χ0) is 21.7. The summed E-state index contributed by atoms with van der Waals surface area (Å²) in [5.41, 5.74) is 1.34. The van der Waals surface area contributed by atoms with Crippen LogP contribution in [0.2, 0.25) is 0 Å². The summed E-state index contributed by atoms with van der Waals surface area (Å²) >= 11 is 0. The molecule has 0 radical (unpaired) electrons. The van der Waals surface area contributed by atoms with E-state index in [9.17, 15) is 5.11 Å². The minimum absolute atomic E-state index is 0.694. The van der Waals surface area contributed by atoms with Gasteiger partial charge in [-0.2, -0.15) is 0 Å². The number of hydrogen-bond donors (Lipinski definition) is 1. The Morgan fingerprint density at radius 2 is 1.06 bits per heavy atom. The molecule has 1 heterocycles. The number of fused-ring (bicyclic) bond motifs is 7. The van der Waals surface area contributed by atoms with E-state index in [1.165, 1.54) is 0 Å². The highest BCUT2D eigenvalue weighted by Crippen LogP contribution is 2.49. The van der Waals surface area contributed by atoms with E-state index in [1.54, 1.807) is 6.92 Å². The van der Waals surface area contributed by atoms with Crippen LogP contribution in [-0.2, 0) is 5.60 Å². The highest BCUT2D eigenvalue weighted by molar-refractivity contribution is 6.09. The lowest BCUT2D eigenvalue weighted by atomic mass is 9.92. The van der Waals surface area contributed by atoms with Gasteiger partial charge in [0.25, 0.3) is 6.29 Å². The van der Waals surface area contributed by atoms with Gasteiger partial charge in [-0.3, -0.25) is 0 Å². The van der Waals surface area contributed by atoms with E-state index in [2.05, 4.69) is 36.4 Å². The van der Waals surface area contributed by atoms with Gasteiger partial charge in [-0.25, -0.2) is 0 Å². The maximum Gasteiger partial charge on any atom is 0.273 e. The molecule has 5 aromatic rings.